The number of likely N-dealkylation sites (N-methyl/N-ethyl adjacent to an activating group) is 1. The molecule has 3 amide bonds. The first kappa shape index (κ1) is 25.3. The quantitative estimate of drug-likeness (QED) is 0.342. The highest BCUT2D eigenvalue weighted by atomic mass is 35.5. The van der Waals surface area contributed by atoms with E-state index >= 15 is 0 Å². The third-order valence-electron chi connectivity index (χ3n) is 5.72. The van der Waals surface area contributed by atoms with Gasteiger partial charge in [0.25, 0.3) is 17.5 Å². The average molecular weight is 528 g/mol. The summed E-state index contributed by atoms with van der Waals surface area (Å²) in [7, 11) is 1.65. The van der Waals surface area contributed by atoms with Crippen molar-refractivity contribution < 1.29 is 23.6 Å². The summed E-state index contributed by atoms with van der Waals surface area (Å²) in [5.41, 5.74) is 1.49. The smallest absolute Gasteiger partial charge is 0.307 e. The number of nitrogens with one attached hydrogen (secondary N) is 2. The molecular weight excluding hydrogens is 504 g/mol. The number of hydrogen-bond acceptors (Lipinski definition) is 6. The maximum absolute atomic E-state index is 13.1. The van der Waals surface area contributed by atoms with Crippen molar-refractivity contribution in [1.82, 2.24) is 15.1 Å². The zero-order valence-corrected chi connectivity index (χ0v) is 21.2. The largest absolute Gasteiger partial charge is 0.326 e. The van der Waals surface area contributed by atoms with Crippen molar-refractivity contribution in [3.05, 3.63) is 70.9 Å². The lowest BCUT2D eigenvalue weighted by atomic mass is 10.1. The predicted molar refractivity (Wildman–Crippen MR) is 136 cm³/mol. The summed E-state index contributed by atoms with van der Waals surface area (Å²) >= 11 is 11.5. The number of hydrogen-bond donors (Lipinski definition) is 2. The molecule has 2 N–H and O–H groups in total. The predicted octanol–water partition coefficient (Wildman–Crippen LogP) is 2.75. The second kappa shape index (κ2) is 10.8. The molecule has 0 spiro atoms. The maximum atomic E-state index is 13.1. The Hall–Kier alpha value is -3.83. The van der Waals surface area contributed by atoms with Gasteiger partial charge in [-0.1, -0.05) is 29.8 Å². The summed E-state index contributed by atoms with van der Waals surface area (Å²) in [6.45, 7) is 2.25. The first-order valence-corrected chi connectivity index (χ1v) is 12.0. The molecule has 36 heavy (non-hydrogen) atoms. The lowest BCUT2D eigenvalue weighted by molar-refractivity contribution is -0.746. The topological polar surface area (TPSA) is 112 Å². The Morgan fingerprint density at radius 3 is 2.50 bits per heavy atom. The third-order valence-corrected chi connectivity index (χ3v) is 6.42. The SMILES string of the molecule is CCN1C(=O)C(CC(=O)Nc2ccc(Cl)cc2)N(Cc2c(NC(=O)c3ccccc3)on[n+]2C)C1=S. The zero-order valence-electron chi connectivity index (χ0n) is 19.6. The van der Waals surface area contributed by atoms with Crippen LogP contribution in [0.2, 0.25) is 5.02 Å². The van der Waals surface area contributed by atoms with Crippen LogP contribution < -0.4 is 15.3 Å². The van der Waals surface area contributed by atoms with Gasteiger partial charge in [-0.2, -0.15) is 0 Å². The number of benzene rings is 2. The number of aromatic nitrogens is 2. The monoisotopic (exact) mass is 527 g/mol. The third kappa shape index (κ3) is 5.37. The highest BCUT2D eigenvalue weighted by Crippen LogP contribution is 2.25. The van der Waals surface area contributed by atoms with E-state index in [1.807, 2.05) is 13.0 Å². The van der Waals surface area contributed by atoms with Crippen LogP contribution in [0, 0.1) is 0 Å². The van der Waals surface area contributed by atoms with Crippen molar-refractivity contribution in [1.29, 1.82) is 0 Å². The Labute approximate surface area is 217 Å². The molecule has 0 bridgehead atoms. The van der Waals surface area contributed by atoms with Gasteiger partial charge < -0.3 is 10.2 Å². The molecule has 1 fully saturated rings. The van der Waals surface area contributed by atoms with Gasteiger partial charge in [-0.15, -0.1) is 0 Å². The number of amides is 3. The van der Waals surface area contributed by atoms with Crippen LogP contribution in [-0.2, 0) is 23.2 Å². The number of carbonyl (C=O) groups is 3. The van der Waals surface area contributed by atoms with Gasteiger partial charge in [-0.25, -0.2) is 0 Å². The number of halogens is 1. The zero-order chi connectivity index (χ0) is 25.8. The van der Waals surface area contributed by atoms with E-state index in [0.717, 1.165) is 0 Å². The van der Waals surface area contributed by atoms with Crippen molar-refractivity contribution >= 4 is 58.2 Å². The van der Waals surface area contributed by atoms with Gasteiger partial charge in [-0.3, -0.25) is 29.1 Å². The fraction of sp³-hybridized carbons (Fsp3) is 0.250. The Balaban J connectivity index is 1.54. The van der Waals surface area contributed by atoms with Gasteiger partial charge in [0.15, 0.2) is 12.2 Å². The van der Waals surface area contributed by atoms with E-state index < -0.39 is 6.04 Å². The second-order valence-electron chi connectivity index (χ2n) is 8.06. The highest BCUT2D eigenvalue weighted by Gasteiger charge is 2.44. The maximum Gasteiger partial charge on any atom is 0.307 e. The van der Waals surface area contributed by atoms with Crippen LogP contribution in [0.25, 0.3) is 0 Å². The van der Waals surface area contributed by atoms with E-state index in [1.165, 1.54) is 9.58 Å². The van der Waals surface area contributed by atoms with Gasteiger partial charge in [-0.05, 0) is 60.2 Å². The van der Waals surface area contributed by atoms with Crippen molar-refractivity contribution in [2.24, 2.45) is 7.05 Å². The van der Waals surface area contributed by atoms with Gasteiger partial charge in [0, 0.05) is 22.8 Å². The van der Waals surface area contributed by atoms with Crippen LogP contribution in [-0.4, -0.2) is 50.5 Å². The van der Waals surface area contributed by atoms with Crippen molar-refractivity contribution in [3.63, 3.8) is 0 Å². The standard InChI is InChI=1S/C24H23ClN6O4S/c1-3-30-23(34)18(13-20(32)26-17-11-9-16(25)10-12-17)31(24(30)36)14-19-22(35-28-29(19)2)27-21(33)15-7-5-4-6-8-15/h4-12,18H,3,13-14H2,1-2H3,(H-,26,27,28,32,33)/p+1. The Morgan fingerprint density at radius 2 is 1.83 bits per heavy atom. The number of anilines is 2. The molecule has 2 aromatic carbocycles. The molecule has 1 aliphatic rings. The van der Waals surface area contributed by atoms with Gasteiger partial charge >= 0.3 is 5.88 Å². The van der Waals surface area contributed by atoms with E-state index in [1.54, 1.807) is 60.5 Å². The Bertz CT molecular complexity index is 1300. The molecule has 0 aliphatic carbocycles. The normalized spacial score (nSPS) is 15.4. The number of aryl methyl sites for hydroxylation is 1. The Kier molecular flexibility index (Phi) is 7.61. The molecule has 0 radical (unpaired) electrons. The average Bonchev–Trinajstić information content (AvgIpc) is 3.32. The fourth-order valence-electron chi connectivity index (χ4n) is 3.83. The number of nitrogens with zero attached hydrogens (tertiary/aromatic N) is 4. The van der Waals surface area contributed by atoms with Crippen molar-refractivity contribution in [2.45, 2.75) is 25.9 Å². The number of carbonyl (C=O) groups excluding carboxylic acids is 3. The van der Waals surface area contributed by atoms with Crippen LogP contribution in [0.4, 0.5) is 11.6 Å². The van der Waals surface area contributed by atoms with Crippen LogP contribution >= 0.6 is 23.8 Å². The molecule has 10 nitrogen and oxygen atoms in total. The second-order valence-corrected chi connectivity index (χ2v) is 8.86. The summed E-state index contributed by atoms with van der Waals surface area (Å²) in [5.74, 6) is -0.875. The first-order chi connectivity index (χ1) is 17.3. The highest BCUT2D eigenvalue weighted by molar-refractivity contribution is 7.80. The van der Waals surface area contributed by atoms with Crippen molar-refractivity contribution in [2.75, 3.05) is 17.2 Å². The summed E-state index contributed by atoms with van der Waals surface area (Å²) in [6.07, 6.45) is -0.126. The molecular formula is C24H24ClN6O4S+. The van der Waals surface area contributed by atoms with Gasteiger partial charge in [0.1, 0.15) is 12.6 Å². The van der Waals surface area contributed by atoms with Crippen molar-refractivity contribution in [3.8, 4) is 0 Å². The van der Waals surface area contributed by atoms with Gasteiger partial charge in [0.2, 0.25) is 11.2 Å². The number of thiocarbonyl (C=S) groups is 1. The molecule has 1 saturated heterocycles. The van der Waals surface area contributed by atoms with Crippen LogP contribution in [0.3, 0.4) is 0 Å². The minimum absolute atomic E-state index is 0.0877. The Morgan fingerprint density at radius 1 is 1.14 bits per heavy atom. The lowest BCUT2D eigenvalue weighted by Gasteiger charge is -2.21. The van der Waals surface area contributed by atoms with Gasteiger partial charge in [0.05, 0.1) is 6.42 Å². The van der Waals surface area contributed by atoms with E-state index in [4.69, 9.17) is 28.3 Å². The molecule has 1 aliphatic heterocycles. The molecule has 0 saturated carbocycles. The fourth-order valence-corrected chi connectivity index (χ4v) is 4.37. The van der Waals surface area contributed by atoms with E-state index in [-0.39, 0.29) is 41.7 Å². The van der Waals surface area contributed by atoms with E-state index in [9.17, 15) is 14.4 Å². The first-order valence-electron chi connectivity index (χ1n) is 11.2. The lowest BCUT2D eigenvalue weighted by Crippen LogP contribution is -2.43. The minimum Gasteiger partial charge on any atom is -0.326 e. The minimum atomic E-state index is -0.836. The molecule has 4 rings (SSSR count). The summed E-state index contributed by atoms with van der Waals surface area (Å²) in [5, 5.41) is 10.2. The van der Waals surface area contributed by atoms with Crippen LogP contribution in [0.1, 0.15) is 29.4 Å². The summed E-state index contributed by atoms with van der Waals surface area (Å²) in [6, 6.07) is 14.5. The molecule has 2 heterocycles. The van der Waals surface area contributed by atoms with E-state index in [0.29, 0.717) is 28.5 Å². The molecule has 12 heteroatoms. The molecule has 3 aromatic rings. The van der Waals surface area contributed by atoms with E-state index in [2.05, 4.69) is 15.9 Å². The molecule has 1 atom stereocenters. The molecule has 1 unspecified atom stereocenters. The summed E-state index contributed by atoms with van der Waals surface area (Å²) < 4.78 is 6.79. The summed E-state index contributed by atoms with van der Waals surface area (Å²) in [4.78, 5) is 41.7. The molecule has 186 valence electrons. The van der Waals surface area contributed by atoms with Crippen LogP contribution in [0.5, 0.6) is 0 Å². The van der Waals surface area contributed by atoms with Crippen LogP contribution in [0.15, 0.2) is 59.1 Å². The molecule has 1 aromatic heterocycles. The number of rotatable bonds is 8.